The van der Waals surface area contributed by atoms with Gasteiger partial charge in [0.2, 0.25) is 0 Å². The van der Waals surface area contributed by atoms with Crippen LogP contribution in [0.1, 0.15) is 31.5 Å². The van der Waals surface area contributed by atoms with E-state index in [1.165, 1.54) is 17.0 Å². The molecule has 0 aliphatic carbocycles. The van der Waals surface area contributed by atoms with E-state index in [-0.39, 0.29) is 0 Å². The molecule has 0 aromatic carbocycles. The fourth-order valence-corrected chi connectivity index (χ4v) is 3.25. The fraction of sp³-hybridized carbons (Fsp3) is 0.786. The first kappa shape index (κ1) is 16.5. The molecule has 19 heavy (non-hydrogen) atoms. The van der Waals surface area contributed by atoms with Crippen molar-refractivity contribution in [3.05, 3.63) is 11.3 Å². The summed E-state index contributed by atoms with van der Waals surface area (Å²) in [5.41, 5.74) is 2.45. The molecule has 0 fully saturated rings. The molecule has 0 saturated carbocycles. The Morgan fingerprint density at radius 3 is 2.79 bits per heavy atom. The van der Waals surface area contributed by atoms with Gasteiger partial charge in [-0.15, -0.1) is 11.8 Å². The van der Waals surface area contributed by atoms with Crippen LogP contribution in [0.15, 0.2) is 5.03 Å². The van der Waals surface area contributed by atoms with E-state index in [4.69, 9.17) is 4.74 Å². The van der Waals surface area contributed by atoms with Crippen LogP contribution in [0.2, 0.25) is 0 Å². The van der Waals surface area contributed by atoms with Gasteiger partial charge < -0.3 is 10.1 Å². The maximum absolute atomic E-state index is 5.05. The predicted octanol–water partition coefficient (Wildman–Crippen LogP) is 2.60. The molecule has 0 radical (unpaired) electrons. The zero-order chi connectivity index (χ0) is 14.3. The summed E-state index contributed by atoms with van der Waals surface area (Å²) < 4.78 is 7.06. The molecule has 1 aromatic heterocycles. The minimum Gasteiger partial charge on any atom is -0.383 e. The van der Waals surface area contributed by atoms with E-state index in [1.807, 2.05) is 23.5 Å². The summed E-state index contributed by atoms with van der Waals surface area (Å²) in [6.07, 6.45) is 1.24. The highest BCUT2D eigenvalue weighted by atomic mass is 32.2. The van der Waals surface area contributed by atoms with Gasteiger partial charge in [-0.3, -0.25) is 4.68 Å². The molecule has 0 atom stereocenters. The summed E-state index contributed by atoms with van der Waals surface area (Å²) in [5, 5.41) is 9.23. The first-order valence-corrected chi connectivity index (χ1v) is 7.89. The van der Waals surface area contributed by atoms with E-state index in [1.54, 1.807) is 7.11 Å². The van der Waals surface area contributed by atoms with Crippen LogP contribution in [-0.4, -0.2) is 35.8 Å². The first-order chi connectivity index (χ1) is 9.06. The lowest BCUT2D eigenvalue weighted by molar-refractivity contribution is 0.199. The Hall–Kier alpha value is -0.520. The predicted molar refractivity (Wildman–Crippen MR) is 81.7 cm³/mol. The largest absolute Gasteiger partial charge is 0.383 e. The van der Waals surface area contributed by atoms with Crippen molar-refractivity contribution in [3.8, 4) is 0 Å². The second-order valence-electron chi connectivity index (χ2n) is 5.19. The molecule has 4 nitrogen and oxygen atoms in total. The second-order valence-corrected chi connectivity index (χ2v) is 6.28. The monoisotopic (exact) mass is 285 g/mol. The molecule has 0 unspecified atom stereocenters. The number of nitrogens with one attached hydrogen (secondary N) is 1. The van der Waals surface area contributed by atoms with Gasteiger partial charge in [0, 0.05) is 32.8 Å². The molecule has 1 heterocycles. The minimum absolute atomic E-state index is 0.745. The van der Waals surface area contributed by atoms with E-state index < -0.39 is 0 Å². The van der Waals surface area contributed by atoms with Crippen molar-refractivity contribution in [1.29, 1.82) is 0 Å². The van der Waals surface area contributed by atoms with Crippen LogP contribution >= 0.6 is 11.8 Å². The number of thioether (sulfide) groups is 1. The van der Waals surface area contributed by atoms with Crippen molar-refractivity contribution in [2.45, 2.75) is 38.8 Å². The summed E-state index contributed by atoms with van der Waals surface area (Å²) in [6, 6.07) is 0. The van der Waals surface area contributed by atoms with Crippen molar-refractivity contribution in [3.63, 3.8) is 0 Å². The number of nitrogens with zero attached hydrogens (tertiary/aromatic N) is 2. The Bertz CT molecular complexity index is 377. The summed E-state index contributed by atoms with van der Waals surface area (Å²) in [5.74, 6) is 1.91. The number of rotatable bonds is 9. The fourth-order valence-electron chi connectivity index (χ4n) is 1.84. The standard InChI is InChI=1S/C14H27N3OS/c1-11(2)6-9-19-14-13(10-15-7-8-18-5)12(3)16-17(14)4/h11,15H,6-10H2,1-5H3. The Morgan fingerprint density at radius 1 is 1.42 bits per heavy atom. The Balaban J connectivity index is 2.57. The Morgan fingerprint density at radius 2 is 2.16 bits per heavy atom. The van der Waals surface area contributed by atoms with Crippen molar-refractivity contribution < 1.29 is 4.74 Å². The molecule has 5 heteroatoms. The second kappa shape index (κ2) is 8.61. The van der Waals surface area contributed by atoms with Gasteiger partial charge in [-0.1, -0.05) is 13.8 Å². The molecule has 1 rings (SSSR count). The quantitative estimate of drug-likeness (QED) is 0.559. The van der Waals surface area contributed by atoms with Crippen molar-refractivity contribution in [2.75, 3.05) is 26.0 Å². The van der Waals surface area contributed by atoms with Crippen LogP contribution < -0.4 is 5.32 Å². The molecular weight excluding hydrogens is 258 g/mol. The third-order valence-corrected chi connectivity index (χ3v) is 4.23. The highest BCUT2D eigenvalue weighted by molar-refractivity contribution is 7.99. The zero-order valence-corrected chi connectivity index (χ0v) is 13.6. The minimum atomic E-state index is 0.745. The Kier molecular flexibility index (Phi) is 7.49. The SMILES string of the molecule is COCCNCc1c(C)nn(C)c1SCCC(C)C. The van der Waals surface area contributed by atoms with Crippen LogP contribution in [0.4, 0.5) is 0 Å². The number of hydrogen-bond acceptors (Lipinski definition) is 4. The number of ether oxygens (including phenoxy) is 1. The smallest absolute Gasteiger partial charge is 0.0984 e. The van der Waals surface area contributed by atoms with Crippen LogP contribution in [-0.2, 0) is 18.3 Å². The molecule has 0 bridgehead atoms. The molecular formula is C14H27N3OS. The van der Waals surface area contributed by atoms with Crippen LogP contribution in [0.25, 0.3) is 0 Å². The number of aryl methyl sites for hydroxylation is 2. The molecule has 110 valence electrons. The molecule has 0 saturated heterocycles. The molecule has 0 aliphatic rings. The number of aromatic nitrogens is 2. The maximum atomic E-state index is 5.05. The summed E-state index contributed by atoms with van der Waals surface area (Å²) in [6.45, 7) is 9.10. The van der Waals surface area contributed by atoms with Crippen molar-refractivity contribution >= 4 is 11.8 Å². The third-order valence-electron chi connectivity index (χ3n) is 3.01. The lowest BCUT2D eigenvalue weighted by Gasteiger charge is -2.09. The van der Waals surface area contributed by atoms with E-state index >= 15 is 0 Å². The van der Waals surface area contributed by atoms with Gasteiger partial charge >= 0.3 is 0 Å². The first-order valence-electron chi connectivity index (χ1n) is 6.91. The van der Waals surface area contributed by atoms with Crippen LogP contribution in [0.5, 0.6) is 0 Å². The van der Waals surface area contributed by atoms with Gasteiger partial charge in [0.1, 0.15) is 0 Å². The number of methoxy groups -OCH3 is 1. The Labute approximate surface area is 121 Å². The van der Waals surface area contributed by atoms with Gasteiger partial charge in [0.05, 0.1) is 17.3 Å². The molecule has 0 amide bonds. The van der Waals surface area contributed by atoms with E-state index in [0.717, 1.165) is 37.1 Å². The third kappa shape index (κ3) is 5.55. The zero-order valence-electron chi connectivity index (χ0n) is 12.8. The summed E-state index contributed by atoms with van der Waals surface area (Å²) in [4.78, 5) is 0. The molecule has 1 aromatic rings. The lowest BCUT2D eigenvalue weighted by atomic mass is 10.2. The number of hydrogen-bond donors (Lipinski definition) is 1. The molecule has 0 aliphatic heterocycles. The normalized spacial score (nSPS) is 11.5. The summed E-state index contributed by atoms with van der Waals surface area (Å²) in [7, 11) is 3.76. The lowest BCUT2D eigenvalue weighted by Crippen LogP contribution is -2.19. The molecule has 1 N–H and O–H groups in total. The van der Waals surface area contributed by atoms with Gasteiger partial charge in [0.15, 0.2) is 0 Å². The van der Waals surface area contributed by atoms with E-state index in [0.29, 0.717) is 0 Å². The van der Waals surface area contributed by atoms with Crippen molar-refractivity contribution in [1.82, 2.24) is 15.1 Å². The highest BCUT2D eigenvalue weighted by Gasteiger charge is 2.13. The van der Waals surface area contributed by atoms with Crippen LogP contribution in [0.3, 0.4) is 0 Å². The van der Waals surface area contributed by atoms with E-state index in [9.17, 15) is 0 Å². The maximum Gasteiger partial charge on any atom is 0.0984 e. The van der Waals surface area contributed by atoms with Gasteiger partial charge in [-0.2, -0.15) is 5.10 Å². The topological polar surface area (TPSA) is 39.1 Å². The van der Waals surface area contributed by atoms with Gasteiger partial charge in [-0.05, 0) is 25.0 Å². The average molecular weight is 285 g/mol. The molecule has 0 spiro atoms. The van der Waals surface area contributed by atoms with Crippen molar-refractivity contribution in [2.24, 2.45) is 13.0 Å². The highest BCUT2D eigenvalue weighted by Crippen LogP contribution is 2.26. The van der Waals surface area contributed by atoms with Gasteiger partial charge in [-0.25, -0.2) is 0 Å². The van der Waals surface area contributed by atoms with E-state index in [2.05, 4.69) is 31.2 Å². The average Bonchev–Trinajstić information content (AvgIpc) is 2.60. The summed E-state index contributed by atoms with van der Waals surface area (Å²) >= 11 is 1.92. The van der Waals surface area contributed by atoms with Crippen LogP contribution in [0, 0.1) is 12.8 Å². The van der Waals surface area contributed by atoms with Gasteiger partial charge in [0.25, 0.3) is 0 Å².